The zero-order valence-electron chi connectivity index (χ0n) is 12.8. The summed E-state index contributed by atoms with van der Waals surface area (Å²) in [5.41, 5.74) is 1.05. The third kappa shape index (κ3) is 3.01. The molecule has 1 aliphatic heterocycles. The molecule has 0 aromatic heterocycles. The zero-order chi connectivity index (χ0) is 15.7. The first-order valence-corrected chi connectivity index (χ1v) is 8.70. The predicted molar refractivity (Wildman–Crippen MR) is 88.0 cm³/mol. The average Bonchev–Trinajstić information content (AvgIpc) is 2.87. The highest BCUT2D eigenvalue weighted by Crippen LogP contribution is 2.41. The van der Waals surface area contributed by atoms with Crippen molar-refractivity contribution in [2.45, 2.75) is 50.7 Å². The highest BCUT2D eigenvalue weighted by molar-refractivity contribution is 9.10. The molecule has 0 amide bonds. The van der Waals surface area contributed by atoms with Crippen LogP contribution in [0.3, 0.4) is 0 Å². The van der Waals surface area contributed by atoms with Gasteiger partial charge in [-0.15, -0.1) is 0 Å². The molecular weight excluding hydrogens is 346 g/mol. The van der Waals surface area contributed by atoms with E-state index in [0.717, 1.165) is 28.6 Å². The summed E-state index contributed by atoms with van der Waals surface area (Å²) in [4.78, 5) is 13.9. The molecule has 1 aromatic rings. The predicted octanol–water partition coefficient (Wildman–Crippen LogP) is 3.68. The van der Waals surface area contributed by atoms with Crippen molar-refractivity contribution in [3.63, 3.8) is 0 Å². The number of hydrogen-bond donors (Lipinski definition) is 1. The number of methoxy groups -OCH3 is 1. The number of halogens is 1. The minimum atomic E-state index is -0.691. The van der Waals surface area contributed by atoms with Crippen LogP contribution in [0.4, 0.5) is 0 Å². The van der Waals surface area contributed by atoms with Crippen LogP contribution in [0.25, 0.3) is 0 Å². The van der Waals surface area contributed by atoms with Crippen molar-refractivity contribution < 1.29 is 14.6 Å². The van der Waals surface area contributed by atoms with Crippen molar-refractivity contribution in [3.8, 4) is 5.75 Å². The quantitative estimate of drug-likeness (QED) is 0.881. The molecular formula is C17H22BrNO3. The Morgan fingerprint density at radius 1 is 1.41 bits per heavy atom. The second-order valence-electron chi connectivity index (χ2n) is 6.33. The van der Waals surface area contributed by atoms with Crippen LogP contribution in [0, 0.1) is 5.92 Å². The van der Waals surface area contributed by atoms with Crippen molar-refractivity contribution in [2.24, 2.45) is 5.92 Å². The lowest BCUT2D eigenvalue weighted by Gasteiger charge is -2.33. The number of hydrogen-bond acceptors (Lipinski definition) is 3. The molecule has 0 unspecified atom stereocenters. The lowest BCUT2D eigenvalue weighted by atomic mass is 9.84. The fourth-order valence-electron chi connectivity index (χ4n) is 4.09. The van der Waals surface area contributed by atoms with Crippen LogP contribution in [0.1, 0.15) is 37.7 Å². The van der Waals surface area contributed by atoms with Gasteiger partial charge in [-0.25, -0.2) is 0 Å². The SMILES string of the molecule is COc1ccc(Br)cc1CN1[C@H](C(=O)O)C[C@H]2CCCC[C@@H]21. The first-order chi connectivity index (χ1) is 10.6. The first-order valence-electron chi connectivity index (χ1n) is 7.91. The van der Waals surface area contributed by atoms with Crippen LogP contribution in [0.15, 0.2) is 22.7 Å². The van der Waals surface area contributed by atoms with E-state index in [2.05, 4.69) is 20.8 Å². The Balaban J connectivity index is 1.87. The minimum absolute atomic E-state index is 0.364. The molecule has 1 saturated carbocycles. The van der Waals surface area contributed by atoms with Gasteiger partial charge in [0.25, 0.3) is 0 Å². The smallest absolute Gasteiger partial charge is 0.320 e. The summed E-state index contributed by atoms with van der Waals surface area (Å²) in [6, 6.07) is 5.96. The van der Waals surface area contributed by atoms with E-state index in [4.69, 9.17) is 4.74 Å². The Morgan fingerprint density at radius 3 is 2.91 bits per heavy atom. The maximum absolute atomic E-state index is 11.7. The zero-order valence-corrected chi connectivity index (χ0v) is 14.4. The van der Waals surface area contributed by atoms with E-state index in [1.807, 2.05) is 18.2 Å². The van der Waals surface area contributed by atoms with E-state index < -0.39 is 5.97 Å². The number of ether oxygens (including phenoxy) is 1. The Hall–Kier alpha value is -1.07. The molecule has 22 heavy (non-hydrogen) atoms. The van der Waals surface area contributed by atoms with Crippen molar-refractivity contribution in [2.75, 3.05) is 7.11 Å². The van der Waals surface area contributed by atoms with Crippen LogP contribution in [-0.2, 0) is 11.3 Å². The highest BCUT2D eigenvalue weighted by atomic mass is 79.9. The monoisotopic (exact) mass is 367 g/mol. The van der Waals surface area contributed by atoms with Gasteiger partial charge in [0.05, 0.1) is 7.11 Å². The molecule has 0 bridgehead atoms. The Bertz CT molecular complexity index is 563. The third-order valence-electron chi connectivity index (χ3n) is 5.10. The maximum Gasteiger partial charge on any atom is 0.320 e. The third-order valence-corrected chi connectivity index (χ3v) is 5.59. The van der Waals surface area contributed by atoms with E-state index in [0.29, 0.717) is 18.5 Å². The number of rotatable bonds is 4. The van der Waals surface area contributed by atoms with Crippen molar-refractivity contribution in [1.29, 1.82) is 0 Å². The molecule has 4 nitrogen and oxygen atoms in total. The molecule has 0 radical (unpaired) electrons. The van der Waals surface area contributed by atoms with E-state index >= 15 is 0 Å². The summed E-state index contributed by atoms with van der Waals surface area (Å²) in [6.07, 6.45) is 5.52. The topological polar surface area (TPSA) is 49.8 Å². The summed E-state index contributed by atoms with van der Waals surface area (Å²) >= 11 is 3.50. The number of benzene rings is 1. The number of likely N-dealkylation sites (tertiary alicyclic amines) is 1. The Labute approximate surface area is 139 Å². The lowest BCUT2D eigenvalue weighted by molar-refractivity contribution is -0.142. The second-order valence-corrected chi connectivity index (χ2v) is 7.25. The van der Waals surface area contributed by atoms with Crippen LogP contribution in [0.5, 0.6) is 5.75 Å². The summed E-state index contributed by atoms with van der Waals surface area (Å²) in [5.74, 6) is 0.669. The van der Waals surface area contributed by atoms with Gasteiger partial charge < -0.3 is 9.84 Å². The molecule has 1 heterocycles. The fraction of sp³-hybridized carbons (Fsp3) is 0.588. The molecule has 3 rings (SSSR count). The number of fused-ring (bicyclic) bond motifs is 1. The van der Waals surface area contributed by atoms with Gasteiger partial charge in [-0.1, -0.05) is 28.8 Å². The molecule has 0 spiro atoms. The maximum atomic E-state index is 11.7. The van der Waals surface area contributed by atoms with E-state index in [9.17, 15) is 9.90 Å². The van der Waals surface area contributed by atoms with Gasteiger partial charge in [0, 0.05) is 22.6 Å². The highest BCUT2D eigenvalue weighted by Gasteiger charge is 2.45. The van der Waals surface area contributed by atoms with E-state index in [1.54, 1.807) is 7.11 Å². The molecule has 1 aliphatic carbocycles. The number of carboxylic acids is 1. The standard InChI is InChI=1S/C17H22BrNO3/c1-22-16-7-6-13(18)8-12(16)10-19-14-5-3-2-4-11(14)9-15(19)17(20)21/h6-8,11,14-15H,2-5,9-10H2,1H3,(H,20,21)/t11-,14+,15+/m1/s1. The number of carboxylic acid groups (broad SMARTS) is 1. The summed E-state index contributed by atoms with van der Waals surface area (Å²) < 4.78 is 6.44. The van der Waals surface area contributed by atoms with Crippen molar-refractivity contribution in [3.05, 3.63) is 28.2 Å². The number of carbonyl (C=O) groups is 1. The Morgan fingerprint density at radius 2 is 2.18 bits per heavy atom. The summed E-state index contributed by atoms with van der Waals surface area (Å²) in [6.45, 7) is 0.640. The molecule has 1 saturated heterocycles. The van der Waals surface area contributed by atoms with Crippen LogP contribution in [0.2, 0.25) is 0 Å². The van der Waals surface area contributed by atoms with Crippen LogP contribution < -0.4 is 4.74 Å². The first kappa shape index (κ1) is 15.8. The molecule has 120 valence electrons. The molecule has 1 aromatic carbocycles. The van der Waals surface area contributed by atoms with Crippen LogP contribution >= 0.6 is 15.9 Å². The average molecular weight is 368 g/mol. The van der Waals surface area contributed by atoms with Gasteiger partial charge in [0.1, 0.15) is 11.8 Å². The van der Waals surface area contributed by atoms with Crippen molar-refractivity contribution >= 4 is 21.9 Å². The minimum Gasteiger partial charge on any atom is -0.496 e. The Kier molecular flexibility index (Phi) is 4.73. The molecule has 2 fully saturated rings. The van der Waals surface area contributed by atoms with Gasteiger partial charge in [-0.05, 0) is 43.4 Å². The normalized spacial score (nSPS) is 28.4. The lowest BCUT2D eigenvalue weighted by Crippen LogP contribution is -2.41. The van der Waals surface area contributed by atoms with E-state index in [-0.39, 0.29) is 6.04 Å². The van der Waals surface area contributed by atoms with Gasteiger partial charge in [-0.3, -0.25) is 9.69 Å². The van der Waals surface area contributed by atoms with Gasteiger partial charge in [0.2, 0.25) is 0 Å². The molecule has 5 heteroatoms. The molecule has 1 N–H and O–H groups in total. The molecule has 3 atom stereocenters. The van der Waals surface area contributed by atoms with Crippen molar-refractivity contribution in [1.82, 2.24) is 4.90 Å². The fourth-order valence-corrected chi connectivity index (χ4v) is 4.50. The van der Waals surface area contributed by atoms with Gasteiger partial charge >= 0.3 is 5.97 Å². The summed E-state index contributed by atoms with van der Waals surface area (Å²) in [7, 11) is 1.66. The number of nitrogens with zero attached hydrogens (tertiary/aromatic N) is 1. The largest absolute Gasteiger partial charge is 0.496 e. The van der Waals surface area contributed by atoms with E-state index in [1.165, 1.54) is 19.3 Å². The van der Waals surface area contributed by atoms with Gasteiger partial charge in [-0.2, -0.15) is 0 Å². The van der Waals surface area contributed by atoms with Gasteiger partial charge in [0.15, 0.2) is 0 Å². The molecule has 2 aliphatic rings. The second kappa shape index (κ2) is 6.59. The summed E-state index contributed by atoms with van der Waals surface area (Å²) in [5, 5.41) is 9.61. The van der Waals surface area contributed by atoms with Crippen LogP contribution in [-0.4, -0.2) is 35.2 Å². The number of aliphatic carboxylic acids is 1.